The Balaban J connectivity index is 2.05. The number of aromatic nitrogens is 4. The number of nitrogens with zero attached hydrogens (tertiary/aromatic N) is 4. The molecule has 0 radical (unpaired) electrons. The molecule has 0 amide bonds. The van der Waals surface area contributed by atoms with Gasteiger partial charge in [-0.1, -0.05) is 6.92 Å². The molecule has 5 nitrogen and oxygen atoms in total. The number of nitrogens with two attached hydrogens (primary N) is 1. The molecule has 19 heavy (non-hydrogen) atoms. The summed E-state index contributed by atoms with van der Waals surface area (Å²) in [7, 11) is 0. The summed E-state index contributed by atoms with van der Waals surface area (Å²) in [6.07, 6.45) is 12.0. The lowest BCUT2D eigenvalue weighted by Crippen LogP contribution is -2.16. The summed E-state index contributed by atoms with van der Waals surface area (Å²) < 4.78 is 2.11. The van der Waals surface area contributed by atoms with Crippen molar-refractivity contribution in [3.8, 4) is 12.3 Å². The van der Waals surface area contributed by atoms with E-state index in [1.165, 1.54) is 12.8 Å². The number of hydrogen-bond acceptors (Lipinski definition) is 4. The Morgan fingerprint density at radius 1 is 1.32 bits per heavy atom. The maximum atomic E-state index is 5.88. The Bertz CT molecular complexity index is 644. The van der Waals surface area contributed by atoms with Crippen molar-refractivity contribution in [3.63, 3.8) is 0 Å². The van der Waals surface area contributed by atoms with Crippen LogP contribution in [0.3, 0.4) is 0 Å². The monoisotopic (exact) mass is 255 g/mol. The average molecular weight is 255 g/mol. The number of nitrogen functional groups attached to an aromatic ring is 1. The summed E-state index contributed by atoms with van der Waals surface area (Å²) in [4.78, 5) is 12.8. The Hall–Kier alpha value is -2.09. The lowest BCUT2D eigenvalue weighted by atomic mass is 9.87. The topological polar surface area (TPSA) is 69.6 Å². The molecule has 0 saturated heterocycles. The first-order chi connectivity index (χ1) is 9.19. The highest BCUT2D eigenvalue weighted by Gasteiger charge is 2.22. The van der Waals surface area contributed by atoms with Gasteiger partial charge in [0, 0.05) is 6.04 Å². The molecule has 0 spiro atoms. The zero-order valence-electron chi connectivity index (χ0n) is 11.0. The standard InChI is InChI=1S/C14H17N5/c1-3-11-17-13(15)12-14(18-11)19(8-16-12)10-6-4-9(2)5-7-10/h1,8-10H,4-7H2,2H3,(H2,15,17,18). The van der Waals surface area contributed by atoms with Gasteiger partial charge in [-0.3, -0.25) is 0 Å². The average Bonchev–Trinajstić information content (AvgIpc) is 2.84. The minimum atomic E-state index is 0.330. The third-order valence-corrected chi connectivity index (χ3v) is 3.96. The predicted molar refractivity (Wildman–Crippen MR) is 74.3 cm³/mol. The van der Waals surface area contributed by atoms with Crippen LogP contribution >= 0.6 is 0 Å². The molecule has 2 N–H and O–H groups in total. The highest BCUT2D eigenvalue weighted by atomic mass is 15.2. The van der Waals surface area contributed by atoms with E-state index in [0.29, 0.717) is 23.2 Å². The molecule has 0 bridgehead atoms. The summed E-state index contributed by atoms with van der Waals surface area (Å²) >= 11 is 0. The van der Waals surface area contributed by atoms with Crippen LogP contribution in [0.4, 0.5) is 5.82 Å². The zero-order valence-corrected chi connectivity index (χ0v) is 11.0. The van der Waals surface area contributed by atoms with Crippen LogP contribution in [0.5, 0.6) is 0 Å². The van der Waals surface area contributed by atoms with Gasteiger partial charge in [0.1, 0.15) is 5.52 Å². The molecule has 2 aromatic heterocycles. The van der Waals surface area contributed by atoms with Gasteiger partial charge < -0.3 is 10.3 Å². The fourth-order valence-corrected chi connectivity index (χ4v) is 2.79. The highest BCUT2D eigenvalue weighted by Crippen LogP contribution is 2.33. The van der Waals surface area contributed by atoms with E-state index in [-0.39, 0.29) is 0 Å². The quantitative estimate of drug-likeness (QED) is 0.793. The van der Waals surface area contributed by atoms with Gasteiger partial charge in [0.2, 0.25) is 5.82 Å². The third-order valence-electron chi connectivity index (χ3n) is 3.96. The number of anilines is 1. The minimum absolute atomic E-state index is 0.330. The Kier molecular flexibility index (Phi) is 2.86. The van der Waals surface area contributed by atoms with Gasteiger partial charge in [-0.05, 0) is 37.5 Å². The van der Waals surface area contributed by atoms with Gasteiger partial charge in [-0.25, -0.2) is 15.0 Å². The predicted octanol–water partition coefficient (Wildman–Crippen LogP) is 2.14. The third kappa shape index (κ3) is 2.03. The highest BCUT2D eigenvalue weighted by molar-refractivity contribution is 5.82. The molecule has 5 heteroatoms. The van der Waals surface area contributed by atoms with Crippen molar-refractivity contribution in [2.75, 3.05) is 5.73 Å². The second-order valence-electron chi connectivity index (χ2n) is 5.31. The van der Waals surface area contributed by atoms with Crippen molar-refractivity contribution in [1.29, 1.82) is 0 Å². The minimum Gasteiger partial charge on any atom is -0.382 e. The number of hydrogen-bond donors (Lipinski definition) is 1. The molecule has 98 valence electrons. The molecule has 1 aliphatic carbocycles. The van der Waals surface area contributed by atoms with E-state index in [2.05, 4.69) is 32.4 Å². The largest absolute Gasteiger partial charge is 0.382 e. The van der Waals surface area contributed by atoms with Gasteiger partial charge in [0.05, 0.1) is 6.33 Å². The van der Waals surface area contributed by atoms with Gasteiger partial charge in [-0.15, -0.1) is 6.42 Å². The molecule has 0 atom stereocenters. The normalized spacial score (nSPS) is 23.4. The molecular formula is C14H17N5. The first-order valence-electron chi connectivity index (χ1n) is 6.65. The van der Waals surface area contributed by atoms with Crippen LogP contribution in [-0.2, 0) is 0 Å². The first kappa shape index (κ1) is 12.0. The Morgan fingerprint density at radius 3 is 2.74 bits per heavy atom. The molecule has 1 aliphatic rings. The molecule has 1 fully saturated rings. The zero-order chi connectivity index (χ0) is 13.4. The lowest BCUT2D eigenvalue weighted by molar-refractivity contribution is 0.293. The molecule has 2 aromatic rings. The maximum absolute atomic E-state index is 5.88. The van der Waals surface area contributed by atoms with E-state index in [9.17, 15) is 0 Å². The van der Waals surface area contributed by atoms with Crippen molar-refractivity contribution in [2.24, 2.45) is 5.92 Å². The molecule has 2 heterocycles. The first-order valence-corrected chi connectivity index (χ1v) is 6.65. The van der Waals surface area contributed by atoms with E-state index in [1.54, 1.807) is 0 Å². The van der Waals surface area contributed by atoms with E-state index >= 15 is 0 Å². The summed E-state index contributed by atoms with van der Waals surface area (Å²) in [5.41, 5.74) is 7.29. The fraction of sp³-hybridized carbons (Fsp3) is 0.500. The van der Waals surface area contributed by atoms with Gasteiger partial charge in [0.25, 0.3) is 0 Å². The summed E-state index contributed by atoms with van der Waals surface area (Å²) in [6, 6.07) is 0.445. The molecule has 3 rings (SSSR count). The number of fused-ring (bicyclic) bond motifs is 1. The SMILES string of the molecule is C#Cc1nc(N)c2ncn(C3CCC(C)CC3)c2n1. The fourth-order valence-electron chi connectivity index (χ4n) is 2.79. The molecule has 0 unspecified atom stereocenters. The number of terminal acetylenes is 1. The second-order valence-corrected chi connectivity index (χ2v) is 5.31. The number of rotatable bonds is 1. The van der Waals surface area contributed by atoms with Crippen LogP contribution in [0.1, 0.15) is 44.5 Å². The van der Waals surface area contributed by atoms with Crippen LogP contribution in [0.25, 0.3) is 11.2 Å². The maximum Gasteiger partial charge on any atom is 0.208 e. The van der Waals surface area contributed by atoms with Crippen molar-refractivity contribution in [2.45, 2.75) is 38.6 Å². The van der Waals surface area contributed by atoms with Crippen LogP contribution < -0.4 is 5.73 Å². The van der Waals surface area contributed by atoms with Crippen molar-refractivity contribution >= 4 is 17.0 Å². The van der Waals surface area contributed by atoms with Gasteiger partial charge >= 0.3 is 0 Å². The summed E-state index contributed by atoms with van der Waals surface area (Å²) in [5.74, 6) is 3.95. The van der Waals surface area contributed by atoms with Crippen molar-refractivity contribution < 1.29 is 0 Å². The Labute approximate surface area is 112 Å². The van der Waals surface area contributed by atoms with Crippen LogP contribution in [0.15, 0.2) is 6.33 Å². The van der Waals surface area contributed by atoms with Crippen molar-refractivity contribution in [1.82, 2.24) is 19.5 Å². The van der Waals surface area contributed by atoms with E-state index in [0.717, 1.165) is 24.4 Å². The summed E-state index contributed by atoms with van der Waals surface area (Å²) in [5, 5.41) is 0. The van der Waals surface area contributed by atoms with Crippen LogP contribution in [0, 0.1) is 18.3 Å². The number of imidazole rings is 1. The van der Waals surface area contributed by atoms with Crippen LogP contribution in [0.2, 0.25) is 0 Å². The Morgan fingerprint density at radius 2 is 2.05 bits per heavy atom. The molecular weight excluding hydrogens is 238 g/mol. The molecule has 0 aromatic carbocycles. The second kappa shape index (κ2) is 4.54. The summed E-state index contributed by atoms with van der Waals surface area (Å²) in [6.45, 7) is 2.30. The van der Waals surface area contributed by atoms with Gasteiger partial charge in [-0.2, -0.15) is 0 Å². The van der Waals surface area contributed by atoms with E-state index in [4.69, 9.17) is 12.2 Å². The molecule has 0 aliphatic heterocycles. The smallest absolute Gasteiger partial charge is 0.208 e. The lowest BCUT2D eigenvalue weighted by Gasteiger charge is -2.27. The molecule has 1 saturated carbocycles. The van der Waals surface area contributed by atoms with Crippen LogP contribution in [-0.4, -0.2) is 19.5 Å². The van der Waals surface area contributed by atoms with E-state index < -0.39 is 0 Å². The van der Waals surface area contributed by atoms with E-state index in [1.807, 2.05) is 6.33 Å². The van der Waals surface area contributed by atoms with Crippen molar-refractivity contribution in [3.05, 3.63) is 12.2 Å². The van der Waals surface area contributed by atoms with Gasteiger partial charge in [0.15, 0.2) is 11.5 Å².